The maximum absolute atomic E-state index is 12.1. The van der Waals surface area contributed by atoms with Crippen molar-refractivity contribution in [2.24, 2.45) is 0 Å². The van der Waals surface area contributed by atoms with Crippen molar-refractivity contribution in [3.63, 3.8) is 0 Å². The van der Waals surface area contributed by atoms with E-state index >= 15 is 0 Å². The first-order valence-corrected chi connectivity index (χ1v) is 8.24. The van der Waals surface area contributed by atoms with Crippen molar-refractivity contribution in [3.8, 4) is 11.3 Å². The van der Waals surface area contributed by atoms with Crippen LogP contribution in [0.15, 0.2) is 65.1 Å². The number of carbonyl (C=O) groups excluding carboxylic acids is 3. The lowest BCUT2D eigenvalue weighted by Gasteiger charge is -2.07. The number of ether oxygens (including phenoxy) is 1. The molecule has 0 spiro atoms. The van der Waals surface area contributed by atoms with Gasteiger partial charge in [-0.3, -0.25) is 9.59 Å². The molecule has 3 rings (SSSR count). The highest BCUT2D eigenvalue weighted by Gasteiger charge is 2.11. The number of aldehydes is 1. The minimum absolute atomic E-state index is 0.230. The zero-order chi connectivity index (χ0) is 19.2. The van der Waals surface area contributed by atoms with Gasteiger partial charge in [-0.25, -0.2) is 4.79 Å². The van der Waals surface area contributed by atoms with E-state index in [1.165, 1.54) is 0 Å². The van der Waals surface area contributed by atoms with Gasteiger partial charge in [0.05, 0.1) is 5.56 Å². The van der Waals surface area contributed by atoms with E-state index < -0.39 is 11.9 Å². The number of amides is 1. The van der Waals surface area contributed by atoms with Crippen molar-refractivity contribution >= 4 is 23.9 Å². The van der Waals surface area contributed by atoms with Crippen LogP contribution in [0.5, 0.6) is 0 Å². The van der Waals surface area contributed by atoms with Gasteiger partial charge in [0, 0.05) is 11.3 Å². The summed E-state index contributed by atoms with van der Waals surface area (Å²) in [5.41, 5.74) is 2.75. The molecular weight excluding hydrogens is 346 g/mol. The van der Waals surface area contributed by atoms with Crippen molar-refractivity contribution < 1.29 is 23.5 Å². The highest BCUT2D eigenvalue weighted by molar-refractivity contribution is 5.95. The second-order valence-electron chi connectivity index (χ2n) is 5.89. The standard InChI is InChI=1S/C21H17NO5/c1-14-2-8-17(9-3-14)22-20(24)13-26-21(25)16-6-4-15(5-7-16)19-11-10-18(12-23)27-19/h2-12H,13H2,1H3,(H,22,24). The summed E-state index contributed by atoms with van der Waals surface area (Å²) in [5.74, 6) is -0.267. The fourth-order valence-electron chi connectivity index (χ4n) is 2.39. The van der Waals surface area contributed by atoms with Crippen LogP contribution in [0.25, 0.3) is 11.3 Å². The highest BCUT2D eigenvalue weighted by atomic mass is 16.5. The van der Waals surface area contributed by atoms with Gasteiger partial charge in [-0.2, -0.15) is 0 Å². The van der Waals surface area contributed by atoms with Crippen LogP contribution in [0.3, 0.4) is 0 Å². The lowest BCUT2D eigenvalue weighted by molar-refractivity contribution is -0.119. The third-order valence-corrected chi connectivity index (χ3v) is 3.82. The number of esters is 1. The molecule has 0 bridgehead atoms. The van der Waals surface area contributed by atoms with E-state index in [2.05, 4.69) is 5.32 Å². The average molecular weight is 363 g/mol. The molecule has 6 nitrogen and oxygen atoms in total. The van der Waals surface area contributed by atoms with Crippen LogP contribution in [0, 0.1) is 6.92 Å². The first-order chi connectivity index (χ1) is 13.0. The van der Waals surface area contributed by atoms with Crippen LogP contribution in [-0.4, -0.2) is 24.8 Å². The molecule has 0 aliphatic rings. The van der Waals surface area contributed by atoms with Gasteiger partial charge in [-0.1, -0.05) is 29.8 Å². The Kier molecular flexibility index (Phi) is 5.47. The summed E-state index contributed by atoms with van der Waals surface area (Å²) in [4.78, 5) is 34.6. The summed E-state index contributed by atoms with van der Waals surface area (Å²) in [6, 6.07) is 17.0. The largest absolute Gasteiger partial charge is 0.453 e. The topological polar surface area (TPSA) is 85.6 Å². The Labute approximate surface area is 155 Å². The zero-order valence-electron chi connectivity index (χ0n) is 14.6. The average Bonchev–Trinajstić information content (AvgIpc) is 3.17. The van der Waals surface area contributed by atoms with Crippen LogP contribution in [0.4, 0.5) is 5.69 Å². The summed E-state index contributed by atoms with van der Waals surface area (Å²) in [6.07, 6.45) is 0.622. The molecule has 0 aliphatic carbocycles. The van der Waals surface area contributed by atoms with Crippen molar-refractivity contribution in [1.82, 2.24) is 0 Å². The molecule has 0 aliphatic heterocycles. The van der Waals surface area contributed by atoms with Gasteiger partial charge in [0.1, 0.15) is 5.76 Å². The molecule has 0 atom stereocenters. The van der Waals surface area contributed by atoms with Crippen molar-refractivity contribution in [1.29, 1.82) is 0 Å². The highest BCUT2D eigenvalue weighted by Crippen LogP contribution is 2.22. The molecule has 0 radical (unpaired) electrons. The van der Waals surface area contributed by atoms with Crippen LogP contribution in [-0.2, 0) is 9.53 Å². The molecule has 3 aromatic rings. The molecule has 2 aromatic carbocycles. The number of carbonyl (C=O) groups is 3. The number of aryl methyl sites for hydroxylation is 1. The van der Waals surface area contributed by atoms with Crippen LogP contribution in [0.2, 0.25) is 0 Å². The zero-order valence-corrected chi connectivity index (χ0v) is 14.6. The van der Waals surface area contributed by atoms with E-state index in [0.29, 0.717) is 23.3 Å². The first kappa shape index (κ1) is 18.1. The maximum Gasteiger partial charge on any atom is 0.338 e. The molecule has 6 heteroatoms. The van der Waals surface area contributed by atoms with Gasteiger partial charge >= 0.3 is 5.97 Å². The number of benzene rings is 2. The lowest BCUT2D eigenvalue weighted by Crippen LogP contribution is -2.20. The number of nitrogens with one attached hydrogen (secondary N) is 1. The predicted octanol–water partition coefficient (Wildman–Crippen LogP) is 3.86. The first-order valence-electron chi connectivity index (χ1n) is 8.24. The van der Waals surface area contributed by atoms with E-state index in [4.69, 9.17) is 9.15 Å². The van der Waals surface area contributed by atoms with Crippen LogP contribution >= 0.6 is 0 Å². The normalized spacial score (nSPS) is 10.3. The molecule has 0 saturated heterocycles. The lowest BCUT2D eigenvalue weighted by atomic mass is 10.1. The Morgan fingerprint density at radius 2 is 1.70 bits per heavy atom. The van der Waals surface area contributed by atoms with Gasteiger partial charge < -0.3 is 14.5 Å². The molecule has 1 amide bonds. The van der Waals surface area contributed by atoms with Crippen molar-refractivity contribution in [3.05, 3.63) is 77.6 Å². The maximum atomic E-state index is 12.1. The summed E-state index contributed by atoms with van der Waals surface area (Å²) < 4.78 is 10.4. The second-order valence-corrected chi connectivity index (χ2v) is 5.89. The minimum atomic E-state index is -0.603. The van der Waals surface area contributed by atoms with Crippen LogP contribution in [0.1, 0.15) is 26.5 Å². The Morgan fingerprint density at radius 1 is 1.00 bits per heavy atom. The van der Waals surface area contributed by atoms with Crippen molar-refractivity contribution in [2.45, 2.75) is 6.92 Å². The SMILES string of the molecule is Cc1ccc(NC(=O)COC(=O)c2ccc(-c3ccc(C=O)o3)cc2)cc1. The van der Waals surface area contributed by atoms with E-state index in [9.17, 15) is 14.4 Å². The van der Waals surface area contributed by atoms with Crippen LogP contribution < -0.4 is 5.32 Å². The van der Waals surface area contributed by atoms with Crippen molar-refractivity contribution in [2.75, 3.05) is 11.9 Å². The van der Waals surface area contributed by atoms with E-state index in [0.717, 1.165) is 11.1 Å². The Morgan fingerprint density at radius 3 is 2.33 bits per heavy atom. The monoisotopic (exact) mass is 363 g/mol. The van der Waals surface area contributed by atoms with Gasteiger partial charge in [-0.15, -0.1) is 0 Å². The molecular formula is C21H17NO5. The molecule has 0 unspecified atom stereocenters. The molecule has 136 valence electrons. The fourth-order valence-corrected chi connectivity index (χ4v) is 2.39. The fraction of sp³-hybridized carbons (Fsp3) is 0.0952. The third-order valence-electron chi connectivity index (χ3n) is 3.82. The number of furan rings is 1. The molecule has 0 fully saturated rings. The number of rotatable bonds is 6. The number of hydrogen-bond acceptors (Lipinski definition) is 5. The molecule has 1 heterocycles. The van der Waals surface area contributed by atoms with Gasteiger partial charge in [-0.05, 0) is 43.3 Å². The summed E-state index contributed by atoms with van der Waals surface area (Å²) in [6.45, 7) is 1.57. The van der Waals surface area contributed by atoms with Gasteiger partial charge in [0.2, 0.25) is 0 Å². The molecule has 1 N–H and O–H groups in total. The predicted molar refractivity (Wildman–Crippen MR) is 99.6 cm³/mol. The minimum Gasteiger partial charge on any atom is -0.453 e. The van der Waals surface area contributed by atoms with Gasteiger partial charge in [0.25, 0.3) is 5.91 Å². The second kappa shape index (κ2) is 8.14. The quantitative estimate of drug-likeness (QED) is 0.531. The molecule has 0 saturated carbocycles. The van der Waals surface area contributed by atoms with E-state index in [1.807, 2.05) is 19.1 Å². The summed E-state index contributed by atoms with van der Waals surface area (Å²) in [7, 11) is 0. The Hall–Kier alpha value is -3.67. The third kappa shape index (κ3) is 4.70. The number of hydrogen-bond donors (Lipinski definition) is 1. The molecule has 1 aromatic heterocycles. The van der Waals surface area contributed by atoms with E-state index in [-0.39, 0.29) is 12.4 Å². The smallest absolute Gasteiger partial charge is 0.338 e. The number of anilines is 1. The Bertz CT molecular complexity index is 955. The summed E-state index contributed by atoms with van der Waals surface area (Å²) in [5, 5.41) is 2.66. The Balaban J connectivity index is 1.55. The summed E-state index contributed by atoms with van der Waals surface area (Å²) >= 11 is 0. The van der Waals surface area contributed by atoms with E-state index in [1.54, 1.807) is 48.5 Å². The van der Waals surface area contributed by atoms with Gasteiger partial charge in [0.15, 0.2) is 18.7 Å². The molecule has 27 heavy (non-hydrogen) atoms.